The van der Waals surface area contributed by atoms with Crippen LogP contribution in [0.3, 0.4) is 0 Å². The second kappa shape index (κ2) is 3.02. The maximum Gasteiger partial charge on any atom is 0.251 e. The average Bonchev–Trinajstić information content (AvgIpc) is 2.48. The largest absolute Gasteiger partial charge is 0.326 e. The van der Waals surface area contributed by atoms with Gasteiger partial charge in [-0.3, -0.25) is 4.79 Å². The first kappa shape index (κ1) is 8.54. The maximum absolute atomic E-state index is 11.6. The van der Waals surface area contributed by atoms with Crippen LogP contribution < -0.4 is 5.56 Å². The summed E-state index contributed by atoms with van der Waals surface area (Å²) in [7, 11) is 0. The quantitative estimate of drug-likeness (QED) is 0.699. The van der Waals surface area contributed by atoms with Gasteiger partial charge in [0, 0.05) is 11.3 Å². The molecular weight excluding hydrogens is 162 g/mol. The minimum absolute atomic E-state index is 0.107. The fourth-order valence-electron chi connectivity index (χ4n) is 1.96. The van der Waals surface area contributed by atoms with Crippen molar-refractivity contribution in [2.75, 3.05) is 0 Å². The second-order valence-electron chi connectivity index (χ2n) is 4.07. The Morgan fingerprint density at radius 1 is 1.38 bits per heavy atom. The molecular formula is C11H15NO. The molecule has 0 unspecified atom stereocenters. The summed E-state index contributed by atoms with van der Waals surface area (Å²) in [5, 5.41) is 0. The van der Waals surface area contributed by atoms with Crippen molar-refractivity contribution in [1.29, 1.82) is 0 Å². The lowest BCUT2D eigenvalue weighted by molar-refractivity contribution is 0.835. The molecule has 0 radical (unpaired) electrons. The van der Waals surface area contributed by atoms with E-state index in [9.17, 15) is 4.79 Å². The Kier molecular flexibility index (Phi) is 1.98. The lowest BCUT2D eigenvalue weighted by atomic mass is 10.0. The van der Waals surface area contributed by atoms with Crippen LogP contribution in [-0.2, 0) is 12.8 Å². The predicted molar refractivity (Wildman–Crippen MR) is 53.2 cm³/mol. The van der Waals surface area contributed by atoms with E-state index in [0.29, 0.717) is 5.92 Å². The van der Waals surface area contributed by atoms with Gasteiger partial charge in [0.05, 0.1) is 0 Å². The van der Waals surface area contributed by atoms with E-state index in [-0.39, 0.29) is 5.56 Å². The van der Waals surface area contributed by atoms with E-state index in [2.05, 4.69) is 24.9 Å². The fraction of sp³-hybridized carbons (Fsp3) is 0.545. The van der Waals surface area contributed by atoms with Gasteiger partial charge in [0.15, 0.2) is 0 Å². The van der Waals surface area contributed by atoms with Crippen LogP contribution in [0.25, 0.3) is 0 Å². The average molecular weight is 177 g/mol. The Morgan fingerprint density at radius 2 is 2.15 bits per heavy atom. The van der Waals surface area contributed by atoms with Gasteiger partial charge in [0.1, 0.15) is 0 Å². The highest BCUT2D eigenvalue weighted by molar-refractivity contribution is 5.30. The van der Waals surface area contributed by atoms with E-state index >= 15 is 0 Å². The molecule has 2 nitrogen and oxygen atoms in total. The Balaban J connectivity index is 2.56. The van der Waals surface area contributed by atoms with Crippen LogP contribution in [0, 0.1) is 0 Å². The lowest BCUT2D eigenvalue weighted by Crippen LogP contribution is -2.15. The summed E-state index contributed by atoms with van der Waals surface area (Å²) in [6.45, 7) is 4.12. The van der Waals surface area contributed by atoms with E-state index in [1.165, 1.54) is 12.0 Å². The van der Waals surface area contributed by atoms with Gasteiger partial charge in [-0.1, -0.05) is 13.8 Å². The molecule has 2 heteroatoms. The third kappa shape index (κ3) is 1.41. The molecule has 0 amide bonds. The SMILES string of the molecule is CC(C)c1cc2c([nH]c1=O)CCC2. The maximum atomic E-state index is 11.6. The van der Waals surface area contributed by atoms with Crippen LogP contribution in [0.2, 0.25) is 0 Å². The minimum Gasteiger partial charge on any atom is -0.326 e. The summed E-state index contributed by atoms with van der Waals surface area (Å²) in [5.74, 6) is 0.328. The minimum atomic E-state index is 0.107. The molecule has 13 heavy (non-hydrogen) atoms. The Bertz CT molecular complexity index is 376. The van der Waals surface area contributed by atoms with E-state index in [1.54, 1.807) is 0 Å². The van der Waals surface area contributed by atoms with Crippen molar-refractivity contribution in [2.45, 2.75) is 39.0 Å². The van der Waals surface area contributed by atoms with Crippen molar-refractivity contribution >= 4 is 0 Å². The first-order chi connectivity index (χ1) is 6.18. The monoisotopic (exact) mass is 177 g/mol. The number of H-pyrrole nitrogens is 1. The topological polar surface area (TPSA) is 32.9 Å². The van der Waals surface area contributed by atoms with Crippen LogP contribution >= 0.6 is 0 Å². The third-order valence-corrected chi connectivity index (χ3v) is 2.74. The van der Waals surface area contributed by atoms with E-state index in [4.69, 9.17) is 0 Å². The molecule has 2 rings (SSSR count). The Hall–Kier alpha value is -1.05. The van der Waals surface area contributed by atoms with Gasteiger partial charge in [0.2, 0.25) is 0 Å². The first-order valence-corrected chi connectivity index (χ1v) is 4.93. The number of hydrogen-bond acceptors (Lipinski definition) is 1. The van der Waals surface area contributed by atoms with Gasteiger partial charge in [-0.25, -0.2) is 0 Å². The summed E-state index contributed by atoms with van der Waals surface area (Å²) >= 11 is 0. The number of aryl methyl sites for hydroxylation is 2. The molecule has 1 aromatic rings. The van der Waals surface area contributed by atoms with Crippen molar-refractivity contribution in [3.05, 3.63) is 33.2 Å². The van der Waals surface area contributed by atoms with Crippen molar-refractivity contribution < 1.29 is 0 Å². The molecule has 1 N–H and O–H groups in total. The molecule has 0 atom stereocenters. The van der Waals surface area contributed by atoms with Gasteiger partial charge < -0.3 is 4.98 Å². The van der Waals surface area contributed by atoms with Gasteiger partial charge in [0.25, 0.3) is 5.56 Å². The molecule has 0 saturated heterocycles. The standard InChI is InChI=1S/C11H15NO/c1-7(2)9-6-8-4-3-5-10(8)12-11(9)13/h6-7H,3-5H2,1-2H3,(H,12,13). The Labute approximate surface area is 78.0 Å². The van der Waals surface area contributed by atoms with E-state index in [1.807, 2.05) is 0 Å². The number of rotatable bonds is 1. The van der Waals surface area contributed by atoms with Crippen LogP contribution in [0.4, 0.5) is 0 Å². The molecule has 0 saturated carbocycles. The number of aromatic nitrogens is 1. The molecule has 0 fully saturated rings. The zero-order chi connectivity index (χ0) is 9.42. The zero-order valence-electron chi connectivity index (χ0n) is 8.18. The molecule has 0 aliphatic heterocycles. The zero-order valence-corrected chi connectivity index (χ0v) is 8.18. The number of nitrogens with one attached hydrogen (secondary N) is 1. The second-order valence-corrected chi connectivity index (χ2v) is 4.07. The van der Waals surface area contributed by atoms with Crippen molar-refractivity contribution in [3.63, 3.8) is 0 Å². The van der Waals surface area contributed by atoms with Crippen molar-refractivity contribution in [3.8, 4) is 0 Å². The van der Waals surface area contributed by atoms with Crippen LogP contribution in [0.1, 0.15) is 43.0 Å². The van der Waals surface area contributed by atoms with Gasteiger partial charge in [-0.2, -0.15) is 0 Å². The Morgan fingerprint density at radius 3 is 2.85 bits per heavy atom. The van der Waals surface area contributed by atoms with Crippen LogP contribution in [-0.4, -0.2) is 4.98 Å². The highest BCUT2D eigenvalue weighted by Crippen LogP contribution is 2.21. The van der Waals surface area contributed by atoms with Gasteiger partial charge >= 0.3 is 0 Å². The molecule has 1 aliphatic rings. The van der Waals surface area contributed by atoms with Crippen molar-refractivity contribution in [2.24, 2.45) is 0 Å². The molecule has 1 aromatic heterocycles. The van der Waals surface area contributed by atoms with Crippen LogP contribution in [0.5, 0.6) is 0 Å². The predicted octanol–water partition coefficient (Wildman–Crippen LogP) is 1.99. The highest BCUT2D eigenvalue weighted by Gasteiger charge is 2.14. The number of aromatic amines is 1. The summed E-state index contributed by atoms with van der Waals surface area (Å²) in [4.78, 5) is 14.5. The molecule has 1 aliphatic carbocycles. The number of fused-ring (bicyclic) bond motifs is 1. The van der Waals surface area contributed by atoms with E-state index in [0.717, 1.165) is 24.1 Å². The normalized spacial score (nSPS) is 15.0. The highest BCUT2D eigenvalue weighted by atomic mass is 16.1. The van der Waals surface area contributed by atoms with E-state index < -0.39 is 0 Å². The summed E-state index contributed by atoms with van der Waals surface area (Å²) in [6, 6.07) is 2.09. The van der Waals surface area contributed by atoms with Crippen LogP contribution in [0.15, 0.2) is 10.9 Å². The fourth-order valence-corrected chi connectivity index (χ4v) is 1.96. The van der Waals surface area contributed by atoms with Gasteiger partial charge in [-0.05, 0) is 36.8 Å². The molecule has 0 aromatic carbocycles. The molecule has 0 spiro atoms. The summed E-state index contributed by atoms with van der Waals surface area (Å²) in [6.07, 6.45) is 3.36. The summed E-state index contributed by atoms with van der Waals surface area (Å²) < 4.78 is 0. The first-order valence-electron chi connectivity index (χ1n) is 4.93. The van der Waals surface area contributed by atoms with Crippen molar-refractivity contribution in [1.82, 2.24) is 4.98 Å². The van der Waals surface area contributed by atoms with Gasteiger partial charge in [-0.15, -0.1) is 0 Å². The number of hydrogen-bond donors (Lipinski definition) is 1. The lowest BCUT2D eigenvalue weighted by Gasteiger charge is -2.06. The smallest absolute Gasteiger partial charge is 0.251 e. The molecule has 70 valence electrons. The molecule has 0 bridgehead atoms. The number of pyridine rings is 1. The third-order valence-electron chi connectivity index (χ3n) is 2.74. The molecule has 1 heterocycles. The summed E-state index contributed by atoms with van der Waals surface area (Å²) in [5.41, 5.74) is 3.55.